The number of esters is 1. The summed E-state index contributed by atoms with van der Waals surface area (Å²) in [6.45, 7) is 2.90. The van der Waals surface area contributed by atoms with Gasteiger partial charge in [0, 0.05) is 0 Å². The van der Waals surface area contributed by atoms with Gasteiger partial charge < -0.3 is 4.74 Å². The van der Waals surface area contributed by atoms with E-state index in [9.17, 15) is 4.79 Å². The number of rotatable bonds is 0. The van der Waals surface area contributed by atoms with Crippen molar-refractivity contribution in [1.29, 1.82) is 0 Å². The van der Waals surface area contributed by atoms with E-state index in [0.717, 1.165) is 0 Å². The molecule has 0 aromatic rings. The number of carbonyl (C=O) groups is 1. The normalized spacial score (nSPS) is 5.50. The van der Waals surface area contributed by atoms with Crippen LogP contribution in [0, 0.1) is 6.92 Å². The summed E-state index contributed by atoms with van der Waals surface area (Å²) in [4.78, 5) is 9.48. The molecule has 0 aliphatic heterocycles. The second kappa shape index (κ2) is 5.44. The molecule has 0 aliphatic rings. The standard InChI is InChI=1S/C3H5O2.Y/c1-3(4)5-2;/h1H2,2H3;/q-1;+3. The van der Waals surface area contributed by atoms with Crippen LogP contribution in [0.15, 0.2) is 0 Å². The Labute approximate surface area is 62.1 Å². The van der Waals surface area contributed by atoms with Gasteiger partial charge in [-0.1, -0.05) is 0 Å². The number of ether oxygens (including phenoxy) is 1. The van der Waals surface area contributed by atoms with Gasteiger partial charge in [0.25, 0.3) is 0 Å². The first kappa shape index (κ1) is 9.67. The van der Waals surface area contributed by atoms with Gasteiger partial charge in [-0.2, -0.15) is 0 Å². The molecule has 0 fully saturated rings. The van der Waals surface area contributed by atoms with Crippen LogP contribution >= 0.6 is 0 Å². The SMILES string of the molecule is [CH2-]C(=O)OC.[Y+3]. The summed E-state index contributed by atoms with van der Waals surface area (Å²) in [6.07, 6.45) is 0. The first-order valence-corrected chi connectivity index (χ1v) is 1.17. The van der Waals surface area contributed by atoms with Crippen molar-refractivity contribution >= 4 is 5.97 Å². The second-order valence-corrected chi connectivity index (χ2v) is 0.576. The Morgan fingerprint density at radius 1 is 1.83 bits per heavy atom. The fourth-order valence-electron chi connectivity index (χ4n) is 0. The first-order chi connectivity index (χ1) is 2.27. The molecule has 0 N–H and O–H groups in total. The van der Waals surface area contributed by atoms with Crippen LogP contribution in [0.25, 0.3) is 0 Å². The third-order valence-corrected chi connectivity index (χ3v) is 0.228. The molecule has 0 saturated heterocycles. The van der Waals surface area contributed by atoms with E-state index in [-0.39, 0.29) is 32.7 Å². The largest absolute Gasteiger partial charge is 3.00 e. The Bertz CT molecular complexity index is 44.1. The molecule has 0 saturated carbocycles. The molecule has 0 aliphatic carbocycles. The van der Waals surface area contributed by atoms with Gasteiger partial charge >= 0.3 is 32.7 Å². The molecular formula is C3H5O2Y+2. The maximum absolute atomic E-state index is 9.48. The Hall–Kier alpha value is 0.444. The topological polar surface area (TPSA) is 26.3 Å². The van der Waals surface area contributed by atoms with E-state index < -0.39 is 5.97 Å². The number of methoxy groups -OCH3 is 1. The van der Waals surface area contributed by atoms with Crippen molar-refractivity contribution < 1.29 is 42.2 Å². The molecule has 0 spiro atoms. The molecule has 0 atom stereocenters. The van der Waals surface area contributed by atoms with Crippen LogP contribution in [-0.2, 0) is 42.2 Å². The molecule has 0 rings (SSSR count). The van der Waals surface area contributed by atoms with Gasteiger partial charge in [0.15, 0.2) is 5.97 Å². The maximum Gasteiger partial charge on any atom is 3.00 e. The molecule has 0 radical (unpaired) electrons. The predicted molar refractivity (Wildman–Crippen MR) is 17.4 cm³/mol. The van der Waals surface area contributed by atoms with E-state index in [1.807, 2.05) is 0 Å². The van der Waals surface area contributed by atoms with Crippen molar-refractivity contribution in [1.82, 2.24) is 0 Å². The Morgan fingerprint density at radius 3 is 2.00 bits per heavy atom. The average molecular weight is 162 g/mol. The van der Waals surface area contributed by atoms with E-state index in [1.54, 1.807) is 0 Å². The van der Waals surface area contributed by atoms with Gasteiger partial charge in [0.05, 0.1) is 7.11 Å². The zero-order chi connectivity index (χ0) is 4.28. The van der Waals surface area contributed by atoms with Crippen molar-refractivity contribution in [2.75, 3.05) is 7.11 Å². The van der Waals surface area contributed by atoms with Crippen LogP contribution in [0.2, 0.25) is 0 Å². The van der Waals surface area contributed by atoms with Gasteiger partial charge in [-0.3, -0.25) is 11.7 Å². The number of hydrogen-bond acceptors (Lipinski definition) is 2. The predicted octanol–water partition coefficient (Wildman–Crippen LogP) is -0.00901. The summed E-state index contributed by atoms with van der Waals surface area (Å²) in [5.41, 5.74) is 0. The van der Waals surface area contributed by atoms with Crippen LogP contribution in [0.5, 0.6) is 0 Å². The molecule has 0 aromatic carbocycles. The number of carbonyl (C=O) groups excluding carboxylic acids is 1. The smallest absolute Gasteiger partial charge is 0.492 e. The van der Waals surface area contributed by atoms with E-state index in [1.165, 1.54) is 7.11 Å². The Morgan fingerprint density at radius 2 is 2.00 bits per heavy atom. The van der Waals surface area contributed by atoms with Gasteiger partial charge in [-0.15, -0.1) is 0 Å². The molecule has 0 bridgehead atoms. The Balaban J connectivity index is 0. The zero-order valence-electron chi connectivity index (χ0n) is 3.60. The summed E-state index contributed by atoms with van der Waals surface area (Å²) in [5.74, 6) is -0.495. The quantitative estimate of drug-likeness (QED) is 0.370. The summed E-state index contributed by atoms with van der Waals surface area (Å²) in [7, 11) is 1.29. The minimum atomic E-state index is -0.495. The van der Waals surface area contributed by atoms with E-state index in [2.05, 4.69) is 11.7 Å². The summed E-state index contributed by atoms with van der Waals surface area (Å²) in [6, 6.07) is 0. The van der Waals surface area contributed by atoms with Crippen LogP contribution in [0.4, 0.5) is 0 Å². The minimum Gasteiger partial charge on any atom is -0.492 e. The summed E-state index contributed by atoms with van der Waals surface area (Å²) < 4.78 is 4.00. The average Bonchev–Trinajstić information content (AvgIpc) is 1.38. The number of hydrogen-bond donors (Lipinski definition) is 0. The van der Waals surface area contributed by atoms with Gasteiger partial charge in [-0.25, -0.2) is 0 Å². The Kier molecular flexibility index (Phi) is 8.77. The third-order valence-electron chi connectivity index (χ3n) is 0.228. The molecule has 0 heterocycles. The van der Waals surface area contributed by atoms with Crippen LogP contribution in [0.3, 0.4) is 0 Å². The molecule has 2 nitrogen and oxygen atoms in total. The van der Waals surface area contributed by atoms with Gasteiger partial charge in [0.1, 0.15) is 0 Å². The fourth-order valence-corrected chi connectivity index (χ4v) is 0. The first-order valence-electron chi connectivity index (χ1n) is 1.17. The fraction of sp³-hybridized carbons (Fsp3) is 0.333. The zero-order valence-corrected chi connectivity index (χ0v) is 6.44. The molecular weight excluding hydrogens is 157 g/mol. The third kappa shape index (κ3) is 8.82. The van der Waals surface area contributed by atoms with E-state index in [0.29, 0.717) is 0 Å². The summed E-state index contributed by atoms with van der Waals surface area (Å²) >= 11 is 0. The van der Waals surface area contributed by atoms with Crippen molar-refractivity contribution in [3.05, 3.63) is 6.92 Å². The molecule has 30 valence electrons. The maximum atomic E-state index is 9.48. The molecule has 0 amide bonds. The van der Waals surface area contributed by atoms with Crippen LogP contribution in [-0.4, -0.2) is 13.1 Å². The minimum absolute atomic E-state index is 0. The summed E-state index contributed by atoms with van der Waals surface area (Å²) in [5, 5.41) is 0. The van der Waals surface area contributed by atoms with Crippen LogP contribution < -0.4 is 0 Å². The van der Waals surface area contributed by atoms with Crippen molar-refractivity contribution in [3.8, 4) is 0 Å². The van der Waals surface area contributed by atoms with Crippen molar-refractivity contribution in [3.63, 3.8) is 0 Å². The van der Waals surface area contributed by atoms with E-state index >= 15 is 0 Å². The van der Waals surface area contributed by atoms with E-state index in [4.69, 9.17) is 0 Å². The molecule has 0 aromatic heterocycles. The van der Waals surface area contributed by atoms with Gasteiger partial charge in [0.2, 0.25) is 0 Å². The van der Waals surface area contributed by atoms with Crippen molar-refractivity contribution in [2.45, 2.75) is 0 Å². The molecule has 0 unspecified atom stereocenters. The van der Waals surface area contributed by atoms with Gasteiger partial charge in [-0.05, 0) is 0 Å². The van der Waals surface area contributed by atoms with Crippen molar-refractivity contribution in [2.24, 2.45) is 0 Å². The second-order valence-electron chi connectivity index (χ2n) is 0.576. The van der Waals surface area contributed by atoms with Crippen LogP contribution in [0.1, 0.15) is 0 Å². The monoisotopic (exact) mass is 162 g/mol. The molecule has 6 heavy (non-hydrogen) atoms. The molecule has 3 heteroatoms.